The van der Waals surface area contributed by atoms with Crippen LogP contribution >= 0.6 is 0 Å². The van der Waals surface area contributed by atoms with Gasteiger partial charge in [0.25, 0.3) is 0 Å². The van der Waals surface area contributed by atoms with Crippen LogP contribution in [-0.4, -0.2) is 43.2 Å². The van der Waals surface area contributed by atoms with E-state index < -0.39 is 0 Å². The molecule has 5 nitrogen and oxygen atoms in total. The van der Waals surface area contributed by atoms with Gasteiger partial charge in [0.15, 0.2) is 0 Å². The summed E-state index contributed by atoms with van der Waals surface area (Å²) in [4.78, 5) is 13.4. The fourth-order valence-corrected chi connectivity index (χ4v) is 2.28. The SMILES string of the molecule is CCOC1CCCN(CCCCC(=O)NN)C1. The smallest absolute Gasteiger partial charge is 0.233 e. The molecule has 0 radical (unpaired) electrons. The van der Waals surface area contributed by atoms with Gasteiger partial charge in [-0.2, -0.15) is 0 Å². The zero-order chi connectivity index (χ0) is 12.5. The molecular weight excluding hydrogens is 218 g/mol. The summed E-state index contributed by atoms with van der Waals surface area (Å²) in [5.41, 5.74) is 2.15. The zero-order valence-corrected chi connectivity index (χ0v) is 10.8. The lowest BCUT2D eigenvalue weighted by Crippen LogP contribution is -2.40. The Balaban J connectivity index is 2.08. The third kappa shape index (κ3) is 6.00. The van der Waals surface area contributed by atoms with Gasteiger partial charge in [0.05, 0.1) is 6.10 Å². The lowest BCUT2D eigenvalue weighted by molar-refractivity contribution is -0.121. The number of carbonyl (C=O) groups excluding carboxylic acids is 1. The van der Waals surface area contributed by atoms with E-state index >= 15 is 0 Å². The Morgan fingerprint density at radius 2 is 2.35 bits per heavy atom. The van der Waals surface area contributed by atoms with Crippen molar-refractivity contribution < 1.29 is 9.53 Å². The number of nitrogens with two attached hydrogens (primary N) is 1. The van der Waals surface area contributed by atoms with Crippen molar-refractivity contribution in [3.8, 4) is 0 Å². The molecule has 1 atom stereocenters. The van der Waals surface area contributed by atoms with E-state index in [2.05, 4.69) is 10.3 Å². The Morgan fingerprint density at radius 3 is 3.06 bits per heavy atom. The van der Waals surface area contributed by atoms with E-state index in [1.807, 2.05) is 6.92 Å². The van der Waals surface area contributed by atoms with Crippen LogP contribution in [0.15, 0.2) is 0 Å². The Hall–Kier alpha value is -0.650. The van der Waals surface area contributed by atoms with Crippen molar-refractivity contribution in [2.24, 2.45) is 5.84 Å². The summed E-state index contributed by atoms with van der Waals surface area (Å²) in [6, 6.07) is 0. The number of amides is 1. The van der Waals surface area contributed by atoms with Gasteiger partial charge in [-0.3, -0.25) is 10.2 Å². The molecule has 3 N–H and O–H groups in total. The van der Waals surface area contributed by atoms with Crippen LogP contribution in [0.25, 0.3) is 0 Å². The van der Waals surface area contributed by atoms with Crippen LogP contribution in [0.2, 0.25) is 0 Å². The van der Waals surface area contributed by atoms with Gasteiger partial charge in [-0.25, -0.2) is 5.84 Å². The first-order valence-electron chi connectivity index (χ1n) is 6.59. The molecule has 1 heterocycles. The maximum atomic E-state index is 10.9. The molecule has 0 spiro atoms. The second-order valence-corrected chi connectivity index (χ2v) is 4.54. The minimum Gasteiger partial charge on any atom is -0.377 e. The van der Waals surface area contributed by atoms with Crippen LogP contribution in [0.1, 0.15) is 39.0 Å². The first kappa shape index (κ1) is 14.4. The quantitative estimate of drug-likeness (QED) is 0.298. The lowest BCUT2D eigenvalue weighted by atomic mass is 10.1. The maximum Gasteiger partial charge on any atom is 0.233 e. The number of ether oxygens (including phenoxy) is 1. The second kappa shape index (κ2) is 8.44. The number of carbonyl (C=O) groups is 1. The maximum absolute atomic E-state index is 10.9. The molecule has 0 saturated carbocycles. The van der Waals surface area contributed by atoms with E-state index in [0.717, 1.165) is 39.1 Å². The Morgan fingerprint density at radius 1 is 1.53 bits per heavy atom. The summed E-state index contributed by atoms with van der Waals surface area (Å²) in [5, 5.41) is 0. The van der Waals surface area contributed by atoms with Crippen molar-refractivity contribution in [1.29, 1.82) is 0 Å². The highest BCUT2D eigenvalue weighted by Gasteiger charge is 2.19. The molecule has 0 aromatic rings. The van der Waals surface area contributed by atoms with Crippen molar-refractivity contribution >= 4 is 5.91 Å². The minimum absolute atomic E-state index is 0.0733. The van der Waals surface area contributed by atoms with Crippen molar-refractivity contribution in [3.05, 3.63) is 0 Å². The monoisotopic (exact) mass is 243 g/mol. The highest BCUT2D eigenvalue weighted by molar-refractivity contribution is 5.75. The highest BCUT2D eigenvalue weighted by Crippen LogP contribution is 2.13. The molecule has 1 aliphatic rings. The Bertz CT molecular complexity index is 222. The van der Waals surface area contributed by atoms with Gasteiger partial charge in [-0.15, -0.1) is 0 Å². The van der Waals surface area contributed by atoms with E-state index in [1.165, 1.54) is 12.8 Å². The molecule has 100 valence electrons. The van der Waals surface area contributed by atoms with Crippen LogP contribution in [-0.2, 0) is 9.53 Å². The summed E-state index contributed by atoms with van der Waals surface area (Å²) in [7, 11) is 0. The van der Waals surface area contributed by atoms with Gasteiger partial charge in [0, 0.05) is 19.6 Å². The first-order chi connectivity index (χ1) is 8.26. The highest BCUT2D eigenvalue weighted by atomic mass is 16.5. The largest absolute Gasteiger partial charge is 0.377 e. The van der Waals surface area contributed by atoms with Gasteiger partial charge >= 0.3 is 0 Å². The predicted molar refractivity (Wildman–Crippen MR) is 67.3 cm³/mol. The number of piperidine rings is 1. The average Bonchev–Trinajstić information content (AvgIpc) is 2.35. The molecule has 1 saturated heterocycles. The molecule has 1 fully saturated rings. The van der Waals surface area contributed by atoms with Gasteiger partial charge in [-0.05, 0) is 45.7 Å². The molecule has 1 unspecified atom stereocenters. The molecule has 0 aromatic heterocycles. The summed E-state index contributed by atoms with van der Waals surface area (Å²) in [6.07, 6.45) is 5.28. The molecule has 17 heavy (non-hydrogen) atoms. The third-order valence-corrected chi connectivity index (χ3v) is 3.15. The van der Waals surface area contributed by atoms with Crippen molar-refractivity contribution in [2.45, 2.75) is 45.1 Å². The number of nitrogens with one attached hydrogen (secondary N) is 1. The number of rotatable bonds is 7. The second-order valence-electron chi connectivity index (χ2n) is 4.54. The number of likely N-dealkylation sites (tertiary alicyclic amines) is 1. The van der Waals surface area contributed by atoms with E-state index in [1.54, 1.807) is 0 Å². The predicted octanol–water partition coefficient (Wildman–Crippen LogP) is 0.648. The number of unbranched alkanes of at least 4 members (excludes halogenated alkanes) is 1. The van der Waals surface area contributed by atoms with E-state index in [-0.39, 0.29) is 5.91 Å². The summed E-state index contributed by atoms with van der Waals surface area (Å²) in [5.74, 6) is 4.95. The van der Waals surface area contributed by atoms with Gasteiger partial charge in [0.1, 0.15) is 0 Å². The van der Waals surface area contributed by atoms with Crippen LogP contribution in [0.5, 0.6) is 0 Å². The number of hydrogen-bond donors (Lipinski definition) is 2. The van der Waals surface area contributed by atoms with Gasteiger partial charge in [-0.1, -0.05) is 0 Å². The third-order valence-electron chi connectivity index (χ3n) is 3.15. The lowest BCUT2D eigenvalue weighted by Gasteiger charge is -2.32. The molecule has 5 heteroatoms. The Labute approximate surface area is 104 Å². The topological polar surface area (TPSA) is 67.6 Å². The average molecular weight is 243 g/mol. The van der Waals surface area contributed by atoms with Crippen molar-refractivity contribution in [2.75, 3.05) is 26.2 Å². The summed E-state index contributed by atoms with van der Waals surface area (Å²) < 4.78 is 5.65. The first-order valence-corrected chi connectivity index (χ1v) is 6.59. The number of nitrogens with zero attached hydrogens (tertiary/aromatic N) is 1. The van der Waals surface area contributed by atoms with Gasteiger partial charge in [0.2, 0.25) is 5.91 Å². The van der Waals surface area contributed by atoms with Crippen LogP contribution in [0.4, 0.5) is 0 Å². The summed E-state index contributed by atoms with van der Waals surface area (Å²) in [6.45, 7) is 6.10. The zero-order valence-electron chi connectivity index (χ0n) is 10.8. The minimum atomic E-state index is -0.0733. The fourth-order valence-electron chi connectivity index (χ4n) is 2.28. The van der Waals surface area contributed by atoms with E-state index in [0.29, 0.717) is 12.5 Å². The molecule has 0 aliphatic carbocycles. The standard InChI is InChI=1S/C12H25N3O2/c1-2-17-11-6-5-9-15(10-11)8-4-3-7-12(16)14-13/h11H,2-10,13H2,1H3,(H,14,16). The van der Waals surface area contributed by atoms with Crippen LogP contribution in [0.3, 0.4) is 0 Å². The normalized spacial score (nSPS) is 21.4. The van der Waals surface area contributed by atoms with Crippen molar-refractivity contribution in [3.63, 3.8) is 0 Å². The van der Waals surface area contributed by atoms with Crippen LogP contribution in [0, 0.1) is 0 Å². The van der Waals surface area contributed by atoms with Crippen molar-refractivity contribution in [1.82, 2.24) is 10.3 Å². The molecule has 0 bridgehead atoms. The molecule has 0 aromatic carbocycles. The molecule has 1 rings (SSSR count). The van der Waals surface area contributed by atoms with Gasteiger partial charge < -0.3 is 9.64 Å². The Kier molecular flexibility index (Phi) is 7.16. The molecular formula is C12H25N3O2. The number of hydrazine groups is 1. The summed E-state index contributed by atoms with van der Waals surface area (Å²) >= 11 is 0. The van der Waals surface area contributed by atoms with Crippen LogP contribution < -0.4 is 11.3 Å². The molecule has 1 amide bonds. The fraction of sp³-hybridized carbons (Fsp3) is 0.917. The number of hydrogen-bond acceptors (Lipinski definition) is 4. The van der Waals surface area contributed by atoms with E-state index in [4.69, 9.17) is 10.6 Å². The molecule has 1 aliphatic heterocycles. The van der Waals surface area contributed by atoms with E-state index in [9.17, 15) is 4.79 Å².